The minimum atomic E-state index is -0.454. The zero-order valence-electron chi connectivity index (χ0n) is 13.4. The van der Waals surface area contributed by atoms with Crippen LogP contribution in [-0.2, 0) is 22.6 Å². The van der Waals surface area contributed by atoms with Gasteiger partial charge in [0, 0.05) is 6.54 Å². The van der Waals surface area contributed by atoms with Crippen molar-refractivity contribution in [1.29, 1.82) is 0 Å². The van der Waals surface area contributed by atoms with Crippen LogP contribution < -0.4 is 0 Å². The van der Waals surface area contributed by atoms with Gasteiger partial charge < -0.3 is 4.90 Å². The predicted octanol–water partition coefficient (Wildman–Crippen LogP) is 1.47. The highest BCUT2D eigenvalue weighted by molar-refractivity contribution is 5.88. The lowest BCUT2D eigenvalue weighted by atomic mass is 9.95. The number of carbonyl (C=O) groups excluding carboxylic acids is 2. The summed E-state index contributed by atoms with van der Waals surface area (Å²) in [5.74, 6) is -0.428. The van der Waals surface area contributed by atoms with Gasteiger partial charge in [-0.25, -0.2) is 4.39 Å². The van der Waals surface area contributed by atoms with Gasteiger partial charge in [-0.15, -0.1) is 0 Å². The van der Waals surface area contributed by atoms with Gasteiger partial charge >= 0.3 is 0 Å². The van der Waals surface area contributed by atoms with Crippen molar-refractivity contribution in [2.75, 3.05) is 6.54 Å². The van der Waals surface area contributed by atoms with Gasteiger partial charge in [-0.05, 0) is 37.3 Å². The molecule has 0 saturated carbocycles. The van der Waals surface area contributed by atoms with E-state index in [1.165, 1.54) is 30.2 Å². The Morgan fingerprint density at radius 1 is 1.25 bits per heavy atom. The number of aromatic nitrogens is 3. The van der Waals surface area contributed by atoms with Crippen LogP contribution >= 0.6 is 0 Å². The lowest BCUT2D eigenvalue weighted by molar-refractivity contribution is -0.137. The largest absolute Gasteiger partial charge is 0.331 e. The van der Waals surface area contributed by atoms with E-state index in [9.17, 15) is 14.0 Å². The molecule has 1 aliphatic heterocycles. The van der Waals surface area contributed by atoms with Crippen LogP contribution in [0.2, 0.25) is 0 Å². The Balaban J connectivity index is 1.71. The fourth-order valence-corrected chi connectivity index (χ4v) is 3.24. The Hall–Kier alpha value is -2.57. The highest BCUT2D eigenvalue weighted by Gasteiger charge is 2.38. The molecule has 7 heteroatoms. The summed E-state index contributed by atoms with van der Waals surface area (Å²) in [5, 5.41) is 7.84. The number of benzene rings is 1. The number of Topliss-reactive ketones (excluding diaryl/α,β-unsaturated/α-hetero) is 1. The number of rotatable bonds is 5. The van der Waals surface area contributed by atoms with Crippen molar-refractivity contribution in [3.8, 4) is 0 Å². The summed E-state index contributed by atoms with van der Waals surface area (Å²) in [7, 11) is 0. The Morgan fingerprint density at radius 3 is 2.62 bits per heavy atom. The number of ketones is 1. The highest BCUT2D eigenvalue weighted by atomic mass is 19.1. The highest BCUT2D eigenvalue weighted by Crippen LogP contribution is 2.28. The van der Waals surface area contributed by atoms with Gasteiger partial charge in [-0.2, -0.15) is 15.0 Å². The minimum absolute atomic E-state index is 0.00317. The molecule has 0 radical (unpaired) electrons. The Kier molecular flexibility index (Phi) is 4.69. The van der Waals surface area contributed by atoms with E-state index in [-0.39, 0.29) is 30.0 Å². The lowest BCUT2D eigenvalue weighted by Gasteiger charge is -2.22. The van der Waals surface area contributed by atoms with Crippen LogP contribution in [0.25, 0.3) is 0 Å². The second-order valence-corrected chi connectivity index (χ2v) is 6.13. The first-order valence-corrected chi connectivity index (χ1v) is 7.92. The maximum absolute atomic E-state index is 13.8. The summed E-state index contributed by atoms with van der Waals surface area (Å²) < 4.78 is 13.8. The molecular weight excluding hydrogens is 311 g/mol. The first-order valence-electron chi connectivity index (χ1n) is 7.92. The second kappa shape index (κ2) is 6.90. The number of nitrogens with zero attached hydrogens (tertiary/aromatic N) is 4. The molecule has 2 aromatic rings. The van der Waals surface area contributed by atoms with Crippen molar-refractivity contribution < 1.29 is 14.0 Å². The molecule has 2 heterocycles. The summed E-state index contributed by atoms with van der Waals surface area (Å²) in [6.45, 7) is 1.93. The number of carbonyl (C=O) groups is 2. The van der Waals surface area contributed by atoms with Crippen molar-refractivity contribution in [2.24, 2.45) is 5.92 Å². The Morgan fingerprint density at radius 2 is 1.96 bits per heavy atom. The van der Waals surface area contributed by atoms with Crippen LogP contribution in [0, 0.1) is 11.7 Å². The van der Waals surface area contributed by atoms with Gasteiger partial charge in [0.15, 0.2) is 5.78 Å². The first kappa shape index (κ1) is 16.3. The van der Waals surface area contributed by atoms with E-state index in [0.717, 1.165) is 0 Å². The van der Waals surface area contributed by atoms with E-state index in [1.54, 1.807) is 23.1 Å². The zero-order chi connectivity index (χ0) is 17.1. The van der Waals surface area contributed by atoms with E-state index in [0.29, 0.717) is 24.9 Å². The molecule has 0 bridgehead atoms. The van der Waals surface area contributed by atoms with Crippen LogP contribution in [0.5, 0.6) is 0 Å². The topological polar surface area (TPSA) is 68.1 Å². The molecule has 2 unspecified atom stereocenters. The quantitative estimate of drug-likeness (QED) is 0.832. The van der Waals surface area contributed by atoms with Crippen molar-refractivity contribution in [3.63, 3.8) is 0 Å². The van der Waals surface area contributed by atoms with E-state index in [2.05, 4.69) is 10.2 Å². The number of halogens is 1. The third kappa shape index (κ3) is 3.50. The standard InChI is InChI=1S/C17H19FN4O2/c1-12(23)16-9-13(8-14-4-2-3-5-15(14)18)10-21(16)17(24)11-22-19-6-7-20-22/h2-7,13,16H,8-11H2,1H3. The number of likely N-dealkylation sites (tertiary alicyclic amines) is 1. The van der Waals surface area contributed by atoms with E-state index >= 15 is 0 Å². The number of hydrogen-bond donors (Lipinski definition) is 0. The molecule has 0 spiro atoms. The summed E-state index contributed by atoms with van der Waals surface area (Å²) in [6.07, 6.45) is 4.07. The van der Waals surface area contributed by atoms with Crippen LogP contribution in [0.15, 0.2) is 36.7 Å². The molecule has 6 nitrogen and oxygen atoms in total. The average molecular weight is 330 g/mol. The van der Waals surface area contributed by atoms with Gasteiger partial charge in [-0.3, -0.25) is 9.59 Å². The van der Waals surface area contributed by atoms with Gasteiger partial charge in [0.25, 0.3) is 0 Å². The van der Waals surface area contributed by atoms with Crippen LogP contribution in [0.1, 0.15) is 18.9 Å². The van der Waals surface area contributed by atoms with Crippen molar-refractivity contribution in [1.82, 2.24) is 19.9 Å². The van der Waals surface area contributed by atoms with Gasteiger partial charge in [-0.1, -0.05) is 18.2 Å². The summed E-state index contributed by atoms with van der Waals surface area (Å²) in [6, 6.07) is 6.17. The molecule has 1 aromatic carbocycles. The fourth-order valence-electron chi connectivity index (χ4n) is 3.24. The van der Waals surface area contributed by atoms with Crippen LogP contribution in [-0.4, -0.2) is 44.2 Å². The molecule has 24 heavy (non-hydrogen) atoms. The maximum atomic E-state index is 13.8. The van der Waals surface area contributed by atoms with Gasteiger partial charge in [0.2, 0.25) is 5.91 Å². The maximum Gasteiger partial charge on any atom is 0.246 e. The van der Waals surface area contributed by atoms with E-state index in [4.69, 9.17) is 0 Å². The van der Waals surface area contributed by atoms with Gasteiger partial charge in [0.1, 0.15) is 12.4 Å². The van der Waals surface area contributed by atoms with E-state index in [1.807, 2.05) is 0 Å². The van der Waals surface area contributed by atoms with Crippen molar-refractivity contribution in [2.45, 2.75) is 32.4 Å². The molecule has 1 saturated heterocycles. The molecule has 0 aliphatic carbocycles. The normalized spacial score (nSPS) is 20.3. The molecule has 1 aliphatic rings. The Bertz CT molecular complexity index is 732. The van der Waals surface area contributed by atoms with Crippen LogP contribution in [0.4, 0.5) is 4.39 Å². The molecule has 2 atom stereocenters. The molecule has 0 N–H and O–H groups in total. The van der Waals surface area contributed by atoms with Crippen LogP contribution in [0.3, 0.4) is 0 Å². The monoisotopic (exact) mass is 330 g/mol. The lowest BCUT2D eigenvalue weighted by Crippen LogP contribution is -2.41. The molecule has 1 aromatic heterocycles. The van der Waals surface area contributed by atoms with Crippen molar-refractivity contribution in [3.05, 3.63) is 48.0 Å². The minimum Gasteiger partial charge on any atom is -0.331 e. The summed E-state index contributed by atoms with van der Waals surface area (Å²) in [5.41, 5.74) is 0.618. The molecule has 1 fully saturated rings. The average Bonchev–Trinajstić information content (AvgIpc) is 3.19. The smallest absolute Gasteiger partial charge is 0.246 e. The first-order chi connectivity index (χ1) is 11.5. The molecule has 126 valence electrons. The molecule has 1 amide bonds. The molecular formula is C17H19FN4O2. The third-order valence-corrected chi connectivity index (χ3v) is 4.39. The summed E-state index contributed by atoms with van der Waals surface area (Å²) >= 11 is 0. The van der Waals surface area contributed by atoms with E-state index < -0.39 is 6.04 Å². The third-order valence-electron chi connectivity index (χ3n) is 4.39. The van der Waals surface area contributed by atoms with Crippen molar-refractivity contribution >= 4 is 11.7 Å². The van der Waals surface area contributed by atoms with Gasteiger partial charge in [0.05, 0.1) is 18.4 Å². The Labute approximate surface area is 139 Å². The SMILES string of the molecule is CC(=O)C1CC(Cc2ccccc2F)CN1C(=O)Cn1nccn1. The molecule has 3 rings (SSSR count). The second-order valence-electron chi connectivity index (χ2n) is 6.13. The summed E-state index contributed by atoms with van der Waals surface area (Å²) in [4.78, 5) is 27.3. The number of hydrogen-bond acceptors (Lipinski definition) is 4. The number of amides is 1. The predicted molar refractivity (Wildman–Crippen MR) is 84.4 cm³/mol. The fraction of sp³-hybridized carbons (Fsp3) is 0.412. The zero-order valence-corrected chi connectivity index (χ0v) is 13.4.